The SMILES string of the molecule is CC=CC1(C(C)C)C2C(CC)C21. The summed E-state index contributed by atoms with van der Waals surface area (Å²) < 4.78 is 0. The maximum atomic E-state index is 2.47. The maximum Gasteiger partial charge on any atom is -0.00273 e. The summed E-state index contributed by atoms with van der Waals surface area (Å²) >= 11 is 0. The van der Waals surface area contributed by atoms with Crippen LogP contribution >= 0.6 is 0 Å². The zero-order valence-electron chi connectivity index (χ0n) is 8.67. The molecule has 2 saturated carbocycles. The average Bonchev–Trinajstić information content (AvgIpc) is 2.85. The first-order valence-corrected chi connectivity index (χ1v) is 5.34. The Labute approximate surface area is 76.1 Å². The fourth-order valence-corrected chi connectivity index (χ4v) is 3.46. The summed E-state index contributed by atoms with van der Waals surface area (Å²) in [5.41, 5.74) is 0.648. The summed E-state index contributed by atoms with van der Waals surface area (Å²) in [6.45, 7) is 9.23. The minimum atomic E-state index is 0.648. The van der Waals surface area contributed by atoms with Crippen molar-refractivity contribution < 1.29 is 0 Å². The topological polar surface area (TPSA) is 0 Å². The Kier molecular flexibility index (Phi) is 1.65. The molecule has 0 aromatic carbocycles. The number of rotatable bonds is 3. The van der Waals surface area contributed by atoms with Gasteiger partial charge < -0.3 is 0 Å². The third kappa shape index (κ3) is 0.739. The summed E-state index contributed by atoms with van der Waals surface area (Å²) in [6.07, 6.45) is 6.12. The lowest BCUT2D eigenvalue weighted by Crippen LogP contribution is -2.20. The molecule has 0 N–H and O–H groups in total. The van der Waals surface area contributed by atoms with E-state index in [1.54, 1.807) is 0 Å². The number of hydrogen-bond acceptors (Lipinski definition) is 0. The van der Waals surface area contributed by atoms with E-state index in [9.17, 15) is 0 Å². The van der Waals surface area contributed by atoms with E-state index in [-0.39, 0.29) is 0 Å². The van der Waals surface area contributed by atoms with E-state index in [1.165, 1.54) is 6.42 Å². The molecule has 2 rings (SSSR count). The van der Waals surface area contributed by atoms with Crippen LogP contribution in [0.4, 0.5) is 0 Å². The van der Waals surface area contributed by atoms with E-state index in [0.717, 1.165) is 23.7 Å². The molecule has 0 bridgehead atoms. The summed E-state index contributed by atoms with van der Waals surface area (Å²) in [5.74, 6) is 4.08. The standard InChI is InChI=1S/C12H20/c1-5-7-12(8(3)4)10-9(6-2)11(10)12/h5,7-11H,6H2,1-4H3. The third-order valence-electron chi connectivity index (χ3n) is 4.14. The van der Waals surface area contributed by atoms with Crippen LogP contribution < -0.4 is 0 Å². The highest BCUT2D eigenvalue weighted by Gasteiger charge is 2.81. The molecule has 2 aliphatic carbocycles. The Hall–Kier alpha value is -0.260. The molecule has 12 heavy (non-hydrogen) atoms. The van der Waals surface area contributed by atoms with Crippen molar-refractivity contribution in [3.8, 4) is 0 Å². The molecule has 0 heterocycles. The largest absolute Gasteiger partial charge is 0.0911 e. The van der Waals surface area contributed by atoms with Crippen LogP contribution in [0, 0.1) is 29.1 Å². The van der Waals surface area contributed by atoms with Crippen molar-refractivity contribution in [2.24, 2.45) is 29.1 Å². The first-order valence-electron chi connectivity index (χ1n) is 5.34. The van der Waals surface area contributed by atoms with Gasteiger partial charge in [-0.15, -0.1) is 0 Å². The van der Waals surface area contributed by atoms with E-state index in [2.05, 4.69) is 39.8 Å². The number of fused-ring (bicyclic) bond motifs is 1. The van der Waals surface area contributed by atoms with Crippen LogP contribution in [0.2, 0.25) is 0 Å². The second kappa shape index (κ2) is 2.37. The van der Waals surface area contributed by atoms with E-state index in [1.807, 2.05) is 0 Å². The molecule has 68 valence electrons. The maximum absolute atomic E-state index is 2.47. The van der Waals surface area contributed by atoms with Crippen molar-refractivity contribution >= 4 is 0 Å². The van der Waals surface area contributed by atoms with Crippen molar-refractivity contribution in [3.05, 3.63) is 12.2 Å². The summed E-state index contributed by atoms with van der Waals surface area (Å²) in [5, 5.41) is 0. The van der Waals surface area contributed by atoms with Gasteiger partial charge in [-0.2, -0.15) is 0 Å². The predicted octanol–water partition coefficient (Wildman–Crippen LogP) is 3.49. The fraction of sp³-hybridized carbons (Fsp3) is 0.833. The van der Waals surface area contributed by atoms with Gasteiger partial charge >= 0.3 is 0 Å². The minimum Gasteiger partial charge on any atom is -0.0911 e. The molecule has 2 atom stereocenters. The Morgan fingerprint density at radius 1 is 1.33 bits per heavy atom. The molecule has 0 radical (unpaired) electrons. The Balaban J connectivity index is 2.04. The van der Waals surface area contributed by atoms with Gasteiger partial charge in [-0.3, -0.25) is 0 Å². The highest BCUT2D eigenvalue weighted by Crippen LogP contribution is 2.85. The molecular weight excluding hydrogens is 144 g/mol. The molecule has 0 saturated heterocycles. The van der Waals surface area contributed by atoms with Gasteiger partial charge in [0.1, 0.15) is 0 Å². The average molecular weight is 164 g/mol. The summed E-state index contributed by atoms with van der Waals surface area (Å²) in [6, 6.07) is 0. The van der Waals surface area contributed by atoms with Crippen molar-refractivity contribution in [3.63, 3.8) is 0 Å². The van der Waals surface area contributed by atoms with Crippen LogP contribution in [0.5, 0.6) is 0 Å². The number of hydrogen-bond donors (Lipinski definition) is 0. The van der Waals surface area contributed by atoms with Crippen molar-refractivity contribution in [2.75, 3.05) is 0 Å². The van der Waals surface area contributed by atoms with Gasteiger partial charge in [-0.05, 0) is 36.0 Å². The smallest absolute Gasteiger partial charge is 0.00273 e. The molecule has 0 spiro atoms. The van der Waals surface area contributed by atoms with E-state index < -0.39 is 0 Å². The van der Waals surface area contributed by atoms with Gasteiger partial charge in [0, 0.05) is 0 Å². The van der Waals surface area contributed by atoms with Crippen molar-refractivity contribution in [1.29, 1.82) is 0 Å². The Morgan fingerprint density at radius 3 is 2.25 bits per heavy atom. The molecule has 2 unspecified atom stereocenters. The quantitative estimate of drug-likeness (QED) is 0.560. The van der Waals surface area contributed by atoms with Crippen LogP contribution in [0.1, 0.15) is 34.1 Å². The lowest BCUT2D eigenvalue weighted by Gasteiger charge is -2.27. The van der Waals surface area contributed by atoms with Crippen LogP contribution in [0.3, 0.4) is 0 Å². The van der Waals surface area contributed by atoms with Gasteiger partial charge in [0.2, 0.25) is 0 Å². The van der Waals surface area contributed by atoms with Crippen LogP contribution in [-0.4, -0.2) is 0 Å². The van der Waals surface area contributed by atoms with Crippen LogP contribution in [-0.2, 0) is 0 Å². The van der Waals surface area contributed by atoms with Crippen LogP contribution in [0.25, 0.3) is 0 Å². The zero-order valence-corrected chi connectivity index (χ0v) is 8.67. The zero-order chi connectivity index (χ0) is 8.93. The molecular formula is C12H20. The minimum absolute atomic E-state index is 0.648. The van der Waals surface area contributed by atoms with Crippen LogP contribution in [0.15, 0.2) is 12.2 Å². The Bertz CT molecular complexity index is 202. The lowest BCUT2D eigenvalue weighted by molar-refractivity contribution is 0.272. The summed E-state index contributed by atoms with van der Waals surface area (Å²) in [7, 11) is 0. The molecule has 0 aromatic rings. The second-order valence-electron chi connectivity index (χ2n) is 4.78. The molecule has 0 nitrogen and oxygen atoms in total. The molecule has 0 aliphatic heterocycles. The first kappa shape index (κ1) is 8.34. The third-order valence-corrected chi connectivity index (χ3v) is 4.14. The molecule has 2 fully saturated rings. The van der Waals surface area contributed by atoms with Gasteiger partial charge in [0.15, 0.2) is 0 Å². The van der Waals surface area contributed by atoms with Gasteiger partial charge in [0.05, 0.1) is 0 Å². The van der Waals surface area contributed by atoms with Gasteiger partial charge in [0.25, 0.3) is 0 Å². The van der Waals surface area contributed by atoms with E-state index in [4.69, 9.17) is 0 Å². The van der Waals surface area contributed by atoms with E-state index >= 15 is 0 Å². The van der Waals surface area contributed by atoms with Crippen molar-refractivity contribution in [1.82, 2.24) is 0 Å². The van der Waals surface area contributed by atoms with Gasteiger partial charge in [-0.25, -0.2) is 0 Å². The lowest BCUT2D eigenvalue weighted by atomic mass is 9.78. The number of allylic oxidation sites excluding steroid dienone is 2. The molecule has 0 heteroatoms. The fourth-order valence-electron chi connectivity index (χ4n) is 3.46. The van der Waals surface area contributed by atoms with E-state index in [0.29, 0.717) is 5.41 Å². The monoisotopic (exact) mass is 164 g/mol. The van der Waals surface area contributed by atoms with Gasteiger partial charge in [-0.1, -0.05) is 39.3 Å². The predicted molar refractivity (Wildman–Crippen MR) is 52.8 cm³/mol. The highest BCUT2D eigenvalue weighted by molar-refractivity contribution is 5.35. The Morgan fingerprint density at radius 2 is 1.92 bits per heavy atom. The second-order valence-corrected chi connectivity index (χ2v) is 4.78. The molecule has 0 amide bonds. The summed E-state index contributed by atoms with van der Waals surface area (Å²) in [4.78, 5) is 0. The highest BCUT2D eigenvalue weighted by atomic mass is 14.8. The molecule has 0 aromatic heterocycles. The molecule has 2 aliphatic rings. The van der Waals surface area contributed by atoms with Crippen molar-refractivity contribution in [2.45, 2.75) is 34.1 Å². The first-order chi connectivity index (χ1) is 5.70. The normalized spacial score (nSPS) is 49.9.